The first-order valence-corrected chi connectivity index (χ1v) is 10.2. The highest BCUT2D eigenvalue weighted by Crippen LogP contribution is 2.34. The Bertz CT molecular complexity index is 1070. The molecular weight excluding hydrogens is 406 g/mol. The van der Waals surface area contributed by atoms with Crippen molar-refractivity contribution >= 4 is 34.0 Å². The van der Waals surface area contributed by atoms with Crippen molar-refractivity contribution in [1.82, 2.24) is 10.1 Å². The molecule has 0 aliphatic heterocycles. The molecule has 156 valence electrons. The summed E-state index contributed by atoms with van der Waals surface area (Å²) in [6.07, 6.45) is 0.315. The lowest BCUT2D eigenvalue weighted by atomic mass is 10.1. The van der Waals surface area contributed by atoms with E-state index < -0.39 is 5.97 Å². The molecule has 0 atom stereocenters. The van der Waals surface area contributed by atoms with E-state index in [1.54, 1.807) is 13.8 Å². The molecule has 9 heteroatoms. The predicted molar refractivity (Wildman–Crippen MR) is 112 cm³/mol. The Morgan fingerprint density at radius 3 is 2.60 bits per heavy atom. The smallest absolute Gasteiger partial charge is 0.341 e. The number of carbonyl (C=O) groups excluding carboxylic acids is 3. The van der Waals surface area contributed by atoms with Gasteiger partial charge in [0.1, 0.15) is 5.00 Å². The van der Waals surface area contributed by atoms with Gasteiger partial charge in [-0.1, -0.05) is 35.5 Å². The first-order valence-electron chi connectivity index (χ1n) is 9.40. The largest absolute Gasteiger partial charge is 0.462 e. The number of thiophene rings is 1. The summed E-state index contributed by atoms with van der Waals surface area (Å²) in [5.74, 6) is -0.297. The molecule has 0 saturated heterocycles. The molecule has 0 saturated carbocycles. The summed E-state index contributed by atoms with van der Waals surface area (Å²) >= 11 is 1.07. The number of nitrogens with zero attached hydrogens (tertiary/aromatic N) is 2. The third-order valence-electron chi connectivity index (χ3n) is 4.27. The molecule has 0 spiro atoms. The first kappa shape index (κ1) is 21.4. The molecule has 0 aliphatic rings. The van der Waals surface area contributed by atoms with E-state index in [4.69, 9.17) is 9.26 Å². The fraction of sp³-hybridized carbons (Fsp3) is 0.286. The topological polar surface area (TPSA) is 111 Å². The molecule has 30 heavy (non-hydrogen) atoms. The van der Waals surface area contributed by atoms with Gasteiger partial charge in [0.05, 0.1) is 17.0 Å². The van der Waals surface area contributed by atoms with Gasteiger partial charge >= 0.3 is 5.97 Å². The van der Waals surface area contributed by atoms with Crippen LogP contribution < -0.4 is 5.32 Å². The van der Waals surface area contributed by atoms with Crippen LogP contribution in [-0.2, 0) is 16.0 Å². The van der Waals surface area contributed by atoms with E-state index in [1.807, 2.05) is 30.3 Å². The molecule has 8 nitrogen and oxygen atoms in total. The number of carbonyl (C=O) groups is 3. The predicted octanol–water partition coefficient (Wildman–Crippen LogP) is 4.06. The molecule has 1 N–H and O–H groups in total. The van der Waals surface area contributed by atoms with Crippen molar-refractivity contribution in [1.29, 1.82) is 0 Å². The quantitative estimate of drug-likeness (QED) is 0.426. The second-order valence-corrected chi connectivity index (χ2v) is 7.48. The first-order chi connectivity index (χ1) is 14.4. The zero-order valence-electron chi connectivity index (χ0n) is 16.9. The van der Waals surface area contributed by atoms with Crippen LogP contribution >= 0.6 is 11.3 Å². The number of benzene rings is 1. The summed E-state index contributed by atoms with van der Waals surface area (Å²) in [5, 5.41) is 6.94. The molecular formula is C21H21N3O5S. The van der Waals surface area contributed by atoms with Crippen LogP contribution in [0.15, 0.2) is 34.9 Å². The summed E-state index contributed by atoms with van der Waals surface area (Å²) in [5.41, 5.74) is 1.54. The summed E-state index contributed by atoms with van der Waals surface area (Å²) in [7, 11) is 0. The van der Waals surface area contributed by atoms with Crippen molar-refractivity contribution in [2.45, 2.75) is 33.6 Å². The molecule has 0 bridgehead atoms. The minimum atomic E-state index is -0.571. The van der Waals surface area contributed by atoms with Crippen LogP contribution in [-0.4, -0.2) is 34.4 Å². The Labute approximate surface area is 177 Å². The molecule has 3 rings (SSSR count). The van der Waals surface area contributed by atoms with Crippen LogP contribution in [0.3, 0.4) is 0 Å². The van der Waals surface area contributed by atoms with Gasteiger partial charge in [0.25, 0.3) is 0 Å². The zero-order valence-corrected chi connectivity index (χ0v) is 17.7. The van der Waals surface area contributed by atoms with Crippen molar-refractivity contribution in [2.24, 2.45) is 0 Å². The average molecular weight is 427 g/mol. The van der Waals surface area contributed by atoms with Crippen molar-refractivity contribution in [3.63, 3.8) is 0 Å². The van der Waals surface area contributed by atoms with Gasteiger partial charge in [-0.2, -0.15) is 4.98 Å². The molecule has 2 heterocycles. The van der Waals surface area contributed by atoms with Crippen molar-refractivity contribution in [3.8, 4) is 11.4 Å². The minimum absolute atomic E-state index is 0.0744. The van der Waals surface area contributed by atoms with E-state index in [1.165, 1.54) is 6.92 Å². The fourth-order valence-corrected chi connectivity index (χ4v) is 3.96. The van der Waals surface area contributed by atoms with Gasteiger partial charge in [-0.3, -0.25) is 9.59 Å². The summed E-state index contributed by atoms with van der Waals surface area (Å²) < 4.78 is 10.3. The number of rotatable bonds is 8. The molecule has 2 aromatic heterocycles. The van der Waals surface area contributed by atoms with Gasteiger partial charge < -0.3 is 14.6 Å². The molecule has 0 aliphatic carbocycles. The second-order valence-electron chi connectivity index (χ2n) is 6.46. The van der Waals surface area contributed by atoms with Crippen molar-refractivity contribution in [2.75, 3.05) is 11.9 Å². The zero-order chi connectivity index (χ0) is 21.7. The summed E-state index contributed by atoms with van der Waals surface area (Å²) in [6.45, 7) is 4.97. The van der Waals surface area contributed by atoms with E-state index in [9.17, 15) is 14.4 Å². The van der Waals surface area contributed by atoms with Crippen LogP contribution in [0.4, 0.5) is 5.00 Å². The van der Waals surface area contributed by atoms with Crippen LogP contribution in [0.2, 0.25) is 0 Å². The number of ether oxygens (including phenoxy) is 1. The number of esters is 1. The number of hydrogen-bond donors (Lipinski definition) is 1. The second kappa shape index (κ2) is 9.45. The lowest BCUT2D eigenvalue weighted by molar-refractivity contribution is -0.116. The number of Topliss-reactive ketones (excluding diaryl/α,β-unsaturated/α-hetero) is 1. The normalized spacial score (nSPS) is 10.6. The molecule has 0 radical (unpaired) electrons. The van der Waals surface area contributed by atoms with Crippen LogP contribution in [0.1, 0.15) is 51.8 Å². The Balaban J connectivity index is 1.69. The van der Waals surface area contributed by atoms with Gasteiger partial charge in [0, 0.05) is 18.4 Å². The highest BCUT2D eigenvalue weighted by atomic mass is 32.1. The monoisotopic (exact) mass is 427 g/mol. The molecule has 1 amide bonds. The van der Waals surface area contributed by atoms with Gasteiger partial charge in [0.2, 0.25) is 17.6 Å². The number of anilines is 1. The molecule has 0 unspecified atom stereocenters. The van der Waals surface area contributed by atoms with Crippen LogP contribution in [0.5, 0.6) is 0 Å². The molecule has 0 fully saturated rings. The minimum Gasteiger partial charge on any atom is -0.462 e. The molecule has 1 aromatic carbocycles. The Kier molecular flexibility index (Phi) is 6.73. The number of aryl methyl sites for hydroxylation is 1. The number of amides is 1. The Morgan fingerprint density at radius 1 is 1.20 bits per heavy atom. The SMILES string of the molecule is CCOC(=O)c1c(NC(=O)CCc2nc(-c3ccccc3)no2)sc(C(C)=O)c1C. The maximum Gasteiger partial charge on any atom is 0.341 e. The average Bonchev–Trinajstić information content (AvgIpc) is 3.32. The molecule has 3 aromatic rings. The maximum atomic E-state index is 12.5. The Hall–Kier alpha value is -3.33. The highest BCUT2D eigenvalue weighted by Gasteiger charge is 2.25. The third-order valence-corrected chi connectivity index (χ3v) is 5.57. The van der Waals surface area contributed by atoms with Crippen molar-refractivity contribution in [3.05, 3.63) is 52.2 Å². The standard InChI is InChI=1S/C21H21N3O5S/c1-4-28-21(27)17-12(2)18(13(3)25)30-20(17)22-15(26)10-11-16-23-19(24-29-16)14-8-6-5-7-9-14/h5-9H,4,10-11H2,1-3H3,(H,22,26). The lowest BCUT2D eigenvalue weighted by Gasteiger charge is -2.06. The van der Waals surface area contributed by atoms with Crippen LogP contribution in [0.25, 0.3) is 11.4 Å². The number of aromatic nitrogens is 2. The fourth-order valence-electron chi connectivity index (χ4n) is 2.86. The van der Waals surface area contributed by atoms with Gasteiger partial charge in [-0.05, 0) is 26.3 Å². The maximum absolute atomic E-state index is 12.5. The Morgan fingerprint density at radius 2 is 1.93 bits per heavy atom. The van der Waals surface area contributed by atoms with Gasteiger partial charge in [-0.25, -0.2) is 4.79 Å². The summed E-state index contributed by atoms with van der Waals surface area (Å²) in [6, 6.07) is 9.37. The summed E-state index contributed by atoms with van der Waals surface area (Å²) in [4.78, 5) is 41.3. The van der Waals surface area contributed by atoms with Crippen LogP contribution in [0, 0.1) is 6.92 Å². The lowest BCUT2D eigenvalue weighted by Crippen LogP contribution is -2.15. The van der Waals surface area contributed by atoms with E-state index in [0.717, 1.165) is 16.9 Å². The van der Waals surface area contributed by atoms with E-state index in [0.29, 0.717) is 27.2 Å². The number of nitrogens with one attached hydrogen (secondary N) is 1. The number of hydrogen-bond acceptors (Lipinski definition) is 8. The van der Waals surface area contributed by atoms with Gasteiger partial charge in [-0.15, -0.1) is 11.3 Å². The van der Waals surface area contributed by atoms with E-state index >= 15 is 0 Å². The van der Waals surface area contributed by atoms with Gasteiger partial charge in [0.15, 0.2) is 5.78 Å². The van der Waals surface area contributed by atoms with E-state index in [-0.39, 0.29) is 36.7 Å². The van der Waals surface area contributed by atoms with Crippen molar-refractivity contribution < 1.29 is 23.6 Å². The highest BCUT2D eigenvalue weighted by molar-refractivity contribution is 7.18. The van der Waals surface area contributed by atoms with E-state index in [2.05, 4.69) is 15.5 Å². The third kappa shape index (κ3) is 4.80. The number of ketones is 1.